The van der Waals surface area contributed by atoms with E-state index in [1.54, 1.807) is 0 Å². The van der Waals surface area contributed by atoms with E-state index in [-0.39, 0.29) is 12.1 Å². The van der Waals surface area contributed by atoms with Crippen LogP contribution < -0.4 is 10.6 Å². The van der Waals surface area contributed by atoms with Crippen molar-refractivity contribution in [1.29, 1.82) is 0 Å². The molecule has 2 aromatic rings. The number of anilines is 1. The van der Waals surface area contributed by atoms with Crippen LogP contribution in [0.3, 0.4) is 0 Å². The van der Waals surface area contributed by atoms with Crippen molar-refractivity contribution in [1.82, 2.24) is 20.0 Å². The van der Waals surface area contributed by atoms with Crippen LogP contribution in [0.2, 0.25) is 0 Å². The highest BCUT2D eigenvalue weighted by molar-refractivity contribution is 6.02. The monoisotopic (exact) mass is 390 g/mol. The number of aliphatic imine (C=N–C) groups is 1. The number of carbonyl (C=O) groups is 1. The van der Waals surface area contributed by atoms with Gasteiger partial charge in [0.2, 0.25) is 0 Å². The number of amides is 1. The molecule has 1 saturated heterocycles. The third-order valence-corrected chi connectivity index (χ3v) is 6.08. The van der Waals surface area contributed by atoms with Gasteiger partial charge in [-0.2, -0.15) is 5.10 Å². The number of fused-ring (bicyclic) bond motifs is 1. The summed E-state index contributed by atoms with van der Waals surface area (Å²) < 4.78 is 1.86. The van der Waals surface area contributed by atoms with E-state index in [2.05, 4.69) is 31.7 Å². The second kappa shape index (κ2) is 7.39. The summed E-state index contributed by atoms with van der Waals surface area (Å²) in [6.07, 6.45) is 7.27. The number of piperidine rings is 1. The summed E-state index contributed by atoms with van der Waals surface area (Å²) in [5.41, 5.74) is 3.59. The van der Waals surface area contributed by atoms with Gasteiger partial charge in [0, 0.05) is 31.8 Å². The Kier molecular flexibility index (Phi) is 4.58. The van der Waals surface area contributed by atoms with Crippen molar-refractivity contribution in [2.75, 3.05) is 25.0 Å². The Hall–Kier alpha value is -3.09. The number of hydrogen-bond acceptors (Lipinski definition) is 5. The van der Waals surface area contributed by atoms with Crippen LogP contribution in [-0.2, 0) is 0 Å². The Morgan fingerprint density at radius 3 is 2.62 bits per heavy atom. The van der Waals surface area contributed by atoms with Crippen LogP contribution in [0.4, 0.5) is 5.82 Å². The lowest BCUT2D eigenvalue weighted by molar-refractivity contribution is 0.0905. The van der Waals surface area contributed by atoms with Gasteiger partial charge in [-0.25, -0.2) is 4.68 Å². The number of aryl methyl sites for hydroxylation is 1. The SMILES string of the molecule is Cc1nn(-c2ccccc2)c2c1C(=O)NC(C1CCN(C3=CCCN=C3)CC1)N2. The summed E-state index contributed by atoms with van der Waals surface area (Å²) in [5.74, 6) is 1.14. The maximum Gasteiger partial charge on any atom is 0.258 e. The van der Waals surface area contributed by atoms with E-state index < -0.39 is 0 Å². The van der Waals surface area contributed by atoms with Gasteiger partial charge in [-0.1, -0.05) is 24.3 Å². The standard InChI is InChI=1S/C22H26N6O/c1-15-19-21(28(26-15)17-6-3-2-4-7-17)24-20(25-22(19)29)16-9-12-27(13-10-16)18-8-5-11-23-14-18/h2-4,6-8,14,16,20,24H,5,9-13H2,1H3,(H,25,29). The van der Waals surface area contributed by atoms with Gasteiger partial charge in [0.15, 0.2) is 0 Å². The first-order valence-corrected chi connectivity index (χ1v) is 10.4. The molecule has 2 N–H and O–H groups in total. The number of allylic oxidation sites excluding steroid dienone is 1. The molecule has 0 radical (unpaired) electrons. The lowest BCUT2D eigenvalue weighted by atomic mass is 9.91. The Labute approximate surface area is 170 Å². The van der Waals surface area contributed by atoms with E-state index in [4.69, 9.17) is 0 Å². The van der Waals surface area contributed by atoms with Gasteiger partial charge in [-0.3, -0.25) is 9.79 Å². The fraction of sp³-hybridized carbons (Fsp3) is 0.409. The minimum atomic E-state index is -0.0790. The molecular weight excluding hydrogens is 364 g/mol. The first-order valence-electron chi connectivity index (χ1n) is 10.4. The normalized spacial score (nSPS) is 22.0. The number of para-hydroxylation sites is 1. The van der Waals surface area contributed by atoms with Crippen LogP contribution in [0.15, 0.2) is 47.1 Å². The molecule has 5 rings (SSSR count). The maximum absolute atomic E-state index is 12.9. The van der Waals surface area contributed by atoms with E-state index in [1.165, 1.54) is 5.70 Å². The minimum absolute atomic E-state index is 0.0343. The summed E-state index contributed by atoms with van der Waals surface area (Å²) in [7, 11) is 0. The molecule has 3 aliphatic heterocycles. The highest BCUT2D eigenvalue weighted by Crippen LogP contribution is 2.31. The van der Waals surface area contributed by atoms with Gasteiger partial charge in [0.25, 0.3) is 5.91 Å². The molecule has 1 atom stereocenters. The molecule has 4 heterocycles. The zero-order valence-corrected chi connectivity index (χ0v) is 16.6. The van der Waals surface area contributed by atoms with Gasteiger partial charge in [-0.15, -0.1) is 0 Å². The maximum atomic E-state index is 12.9. The fourth-order valence-corrected chi connectivity index (χ4v) is 4.52. The molecule has 0 spiro atoms. The smallest absolute Gasteiger partial charge is 0.258 e. The van der Waals surface area contributed by atoms with E-state index in [0.29, 0.717) is 11.5 Å². The zero-order valence-electron chi connectivity index (χ0n) is 16.6. The van der Waals surface area contributed by atoms with E-state index in [0.717, 1.165) is 56.1 Å². The first kappa shape index (κ1) is 18.0. The van der Waals surface area contributed by atoms with Crippen molar-refractivity contribution < 1.29 is 4.79 Å². The van der Waals surface area contributed by atoms with Gasteiger partial charge in [-0.05, 0) is 38.3 Å². The zero-order chi connectivity index (χ0) is 19.8. The molecule has 0 bridgehead atoms. The predicted octanol–water partition coefficient (Wildman–Crippen LogP) is 2.73. The molecule has 1 fully saturated rings. The van der Waals surface area contributed by atoms with E-state index in [1.807, 2.05) is 48.2 Å². The second-order valence-corrected chi connectivity index (χ2v) is 7.93. The summed E-state index contributed by atoms with van der Waals surface area (Å²) in [4.78, 5) is 19.7. The molecule has 1 aromatic carbocycles. The summed E-state index contributed by atoms with van der Waals surface area (Å²) >= 11 is 0. The third-order valence-electron chi connectivity index (χ3n) is 6.08. The number of dihydropyridines is 1. The quantitative estimate of drug-likeness (QED) is 0.845. The van der Waals surface area contributed by atoms with Crippen molar-refractivity contribution in [3.63, 3.8) is 0 Å². The van der Waals surface area contributed by atoms with Crippen molar-refractivity contribution in [3.8, 4) is 5.69 Å². The Morgan fingerprint density at radius 1 is 1.10 bits per heavy atom. The molecular formula is C22H26N6O. The van der Waals surface area contributed by atoms with Crippen molar-refractivity contribution in [3.05, 3.63) is 53.4 Å². The van der Waals surface area contributed by atoms with E-state index >= 15 is 0 Å². The lowest BCUT2D eigenvalue weighted by Crippen LogP contribution is -2.52. The molecule has 150 valence electrons. The molecule has 0 saturated carbocycles. The molecule has 29 heavy (non-hydrogen) atoms. The van der Waals surface area contributed by atoms with Gasteiger partial charge < -0.3 is 15.5 Å². The molecule has 7 heteroatoms. The van der Waals surface area contributed by atoms with Crippen molar-refractivity contribution in [2.45, 2.75) is 32.4 Å². The number of likely N-dealkylation sites (tertiary alicyclic amines) is 1. The fourth-order valence-electron chi connectivity index (χ4n) is 4.52. The molecule has 1 unspecified atom stereocenters. The Bertz CT molecular complexity index is 969. The lowest BCUT2D eigenvalue weighted by Gasteiger charge is -2.39. The predicted molar refractivity (Wildman–Crippen MR) is 114 cm³/mol. The highest BCUT2D eigenvalue weighted by atomic mass is 16.2. The number of benzene rings is 1. The number of nitrogens with zero attached hydrogens (tertiary/aromatic N) is 4. The van der Waals surface area contributed by atoms with Crippen LogP contribution in [0, 0.1) is 12.8 Å². The molecule has 7 nitrogen and oxygen atoms in total. The molecule has 1 amide bonds. The van der Waals surface area contributed by atoms with Crippen LogP contribution in [0.25, 0.3) is 5.69 Å². The number of aromatic nitrogens is 2. The third kappa shape index (κ3) is 3.30. The van der Waals surface area contributed by atoms with E-state index in [9.17, 15) is 4.79 Å². The van der Waals surface area contributed by atoms with Crippen molar-refractivity contribution in [2.24, 2.45) is 10.9 Å². The van der Waals surface area contributed by atoms with Crippen molar-refractivity contribution >= 4 is 17.9 Å². The highest BCUT2D eigenvalue weighted by Gasteiger charge is 2.35. The number of hydrogen-bond donors (Lipinski definition) is 2. The average molecular weight is 390 g/mol. The molecule has 1 aromatic heterocycles. The number of rotatable bonds is 3. The first-order chi connectivity index (χ1) is 14.2. The summed E-state index contributed by atoms with van der Waals surface area (Å²) in [6.45, 7) is 4.76. The summed E-state index contributed by atoms with van der Waals surface area (Å²) in [5, 5.41) is 11.4. The van der Waals surface area contributed by atoms with Crippen LogP contribution in [0.1, 0.15) is 35.3 Å². The average Bonchev–Trinajstić information content (AvgIpc) is 3.12. The topological polar surface area (TPSA) is 74.5 Å². The second-order valence-electron chi connectivity index (χ2n) is 7.93. The molecule has 0 aliphatic carbocycles. The van der Waals surface area contributed by atoms with Gasteiger partial charge in [0.1, 0.15) is 17.5 Å². The number of nitrogens with one attached hydrogen (secondary N) is 2. The molecule has 3 aliphatic rings. The largest absolute Gasteiger partial charge is 0.371 e. The Balaban J connectivity index is 1.34. The summed E-state index contributed by atoms with van der Waals surface area (Å²) in [6, 6.07) is 9.97. The van der Waals surface area contributed by atoms with Crippen LogP contribution in [-0.4, -0.2) is 52.6 Å². The van der Waals surface area contributed by atoms with Crippen LogP contribution in [0.5, 0.6) is 0 Å². The van der Waals surface area contributed by atoms with Gasteiger partial charge in [0.05, 0.1) is 17.1 Å². The minimum Gasteiger partial charge on any atom is -0.371 e. The number of carbonyl (C=O) groups excluding carboxylic acids is 1. The van der Waals surface area contributed by atoms with Gasteiger partial charge >= 0.3 is 0 Å². The van der Waals surface area contributed by atoms with Crippen LogP contribution >= 0.6 is 0 Å². The Morgan fingerprint density at radius 2 is 1.90 bits per heavy atom.